The van der Waals surface area contributed by atoms with Gasteiger partial charge in [0.25, 0.3) is 0 Å². The second-order valence-corrected chi connectivity index (χ2v) is 5.64. The van der Waals surface area contributed by atoms with E-state index < -0.39 is 5.60 Å². The van der Waals surface area contributed by atoms with Gasteiger partial charge in [0.05, 0.1) is 5.60 Å². The predicted molar refractivity (Wildman–Crippen MR) is 78.0 cm³/mol. The number of hydrogen-bond acceptors (Lipinski definition) is 1. The number of aliphatic hydroxyl groups is 1. The minimum absolute atomic E-state index is 0.179. The molecule has 0 amide bonds. The maximum atomic E-state index is 13.7. The lowest BCUT2D eigenvalue weighted by molar-refractivity contribution is 0.0275. The average molecular weight is 270 g/mol. The van der Waals surface area contributed by atoms with Gasteiger partial charge in [-0.1, -0.05) is 42.5 Å². The first-order chi connectivity index (χ1) is 9.69. The topological polar surface area (TPSA) is 20.2 Å². The maximum Gasteiger partial charge on any atom is 0.126 e. The predicted octanol–water partition coefficient (Wildman–Crippen LogP) is 3.98. The van der Waals surface area contributed by atoms with E-state index in [1.165, 1.54) is 11.6 Å². The lowest BCUT2D eigenvalue weighted by Gasteiger charge is -2.24. The van der Waals surface area contributed by atoms with Crippen molar-refractivity contribution in [1.29, 1.82) is 0 Å². The zero-order chi connectivity index (χ0) is 14.0. The summed E-state index contributed by atoms with van der Waals surface area (Å²) in [6, 6.07) is 15.3. The molecule has 0 saturated heterocycles. The third kappa shape index (κ3) is 2.48. The molecule has 0 aliphatic heterocycles. The van der Waals surface area contributed by atoms with Crippen molar-refractivity contribution in [2.45, 2.75) is 37.7 Å². The molecule has 1 atom stereocenters. The van der Waals surface area contributed by atoms with E-state index in [1.54, 1.807) is 6.07 Å². The average Bonchev–Trinajstić information content (AvgIpc) is 2.80. The monoisotopic (exact) mass is 270 g/mol. The summed E-state index contributed by atoms with van der Waals surface area (Å²) in [6.07, 6.45) is 3.84. The Kier molecular flexibility index (Phi) is 3.58. The molecular weight excluding hydrogens is 251 g/mol. The van der Waals surface area contributed by atoms with Crippen LogP contribution in [0.4, 0.5) is 4.39 Å². The van der Waals surface area contributed by atoms with Gasteiger partial charge >= 0.3 is 0 Å². The third-order valence-corrected chi connectivity index (χ3v) is 4.31. The molecule has 0 aromatic heterocycles. The Morgan fingerprint density at radius 1 is 1.05 bits per heavy atom. The SMILES string of the molecule is OC1(CCCc2ccccc2)CCc2c(F)cccc21. The summed E-state index contributed by atoms with van der Waals surface area (Å²) in [5.74, 6) is -0.179. The zero-order valence-electron chi connectivity index (χ0n) is 11.5. The molecule has 1 N–H and O–H groups in total. The Labute approximate surface area is 119 Å². The first-order valence-corrected chi connectivity index (χ1v) is 7.23. The minimum atomic E-state index is -0.841. The maximum absolute atomic E-state index is 13.7. The van der Waals surface area contributed by atoms with Gasteiger partial charge in [-0.05, 0) is 54.9 Å². The Bertz CT molecular complexity index is 594. The number of halogens is 1. The van der Waals surface area contributed by atoms with Crippen LogP contribution in [0.25, 0.3) is 0 Å². The number of fused-ring (bicyclic) bond motifs is 1. The molecular formula is C18H19FO. The van der Waals surface area contributed by atoms with E-state index in [9.17, 15) is 9.50 Å². The molecule has 0 spiro atoms. The molecule has 1 unspecified atom stereocenters. The summed E-state index contributed by atoms with van der Waals surface area (Å²) in [4.78, 5) is 0. The van der Waals surface area contributed by atoms with Gasteiger partial charge in [-0.25, -0.2) is 4.39 Å². The van der Waals surface area contributed by atoms with Crippen molar-refractivity contribution in [3.63, 3.8) is 0 Å². The van der Waals surface area contributed by atoms with Crippen LogP contribution in [-0.4, -0.2) is 5.11 Å². The lowest BCUT2D eigenvalue weighted by Crippen LogP contribution is -2.22. The molecule has 1 aliphatic rings. The van der Waals surface area contributed by atoms with Gasteiger partial charge in [-0.2, -0.15) is 0 Å². The van der Waals surface area contributed by atoms with Crippen molar-refractivity contribution in [3.8, 4) is 0 Å². The highest BCUT2D eigenvalue weighted by Crippen LogP contribution is 2.41. The molecule has 2 heteroatoms. The summed E-state index contributed by atoms with van der Waals surface area (Å²) in [5.41, 5.74) is 1.94. The fourth-order valence-electron chi connectivity index (χ4n) is 3.20. The van der Waals surface area contributed by atoms with Crippen LogP contribution in [0.3, 0.4) is 0 Å². The Morgan fingerprint density at radius 2 is 1.85 bits per heavy atom. The second-order valence-electron chi connectivity index (χ2n) is 5.64. The van der Waals surface area contributed by atoms with Crippen molar-refractivity contribution < 1.29 is 9.50 Å². The van der Waals surface area contributed by atoms with Gasteiger partial charge in [0.15, 0.2) is 0 Å². The van der Waals surface area contributed by atoms with E-state index >= 15 is 0 Å². The zero-order valence-corrected chi connectivity index (χ0v) is 11.5. The van der Waals surface area contributed by atoms with E-state index in [0.29, 0.717) is 24.8 Å². The van der Waals surface area contributed by atoms with Crippen LogP contribution in [0.1, 0.15) is 36.0 Å². The molecule has 0 bridgehead atoms. The Hall–Kier alpha value is -1.67. The normalized spacial score (nSPS) is 20.9. The molecule has 3 rings (SSSR count). The Morgan fingerprint density at radius 3 is 2.65 bits per heavy atom. The van der Waals surface area contributed by atoms with Crippen LogP contribution in [0, 0.1) is 5.82 Å². The molecule has 1 nitrogen and oxygen atoms in total. The van der Waals surface area contributed by atoms with Gasteiger partial charge in [0.2, 0.25) is 0 Å². The van der Waals surface area contributed by atoms with Crippen LogP contribution >= 0.6 is 0 Å². The standard InChI is InChI=1S/C18H19FO/c19-17-10-4-9-16-15(17)11-13-18(16,20)12-5-8-14-6-2-1-3-7-14/h1-4,6-7,9-10,20H,5,8,11-13H2. The highest BCUT2D eigenvalue weighted by atomic mass is 19.1. The largest absolute Gasteiger partial charge is 0.385 e. The summed E-state index contributed by atoms with van der Waals surface area (Å²) in [6.45, 7) is 0. The highest BCUT2D eigenvalue weighted by Gasteiger charge is 2.37. The van der Waals surface area contributed by atoms with Gasteiger partial charge < -0.3 is 5.11 Å². The van der Waals surface area contributed by atoms with Crippen LogP contribution in [-0.2, 0) is 18.4 Å². The number of benzene rings is 2. The fourth-order valence-corrected chi connectivity index (χ4v) is 3.20. The van der Waals surface area contributed by atoms with Gasteiger partial charge in [-0.3, -0.25) is 0 Å². The van der Waals surface area contributed by atoms with E-state index in [0.717, 1.165) is 18.4 Å². The van der Waals surface area contributed by atoms with Gasteiger partial charge in [-0.15, -0.1) is 0 Å². The van der Waals surface area contributed by atoms with Crippen molar-refractivity contribution >= 4 is 0 Å². The van der Waals surface area contributed by atoms with Crippen molar-refractivity contribution in [1.82, 2.24) is 0 Å². The van der Waals surface area contributed by atoms with Crippen LogP contribution in [0.15, 0.2) is 48.5 Å². The van der Waals surface area contributed by atoms with E-state index in [-0.39, 0.29) is 5.82 Å². The smallest absolute Gasteiger partial charge is 0.126 e. The minimum Gasteiger partial charge on any atom is -0.385 e. The highest BCUT2D eigenvalue weighted by molar-refractivity contribution is 5.38. The van der Waals surface area contributed by atoms with Gasteiger partial charge in [0.1, 0.15) is 5.82 Å². The molecule has 0 radical (unpaired) electrons. The first-order valence-electron chi connectivity index (χ1n) is 7.23. The molecule has 2 aromatic carbocycles. The quantitative estimate of drug-likeness (QED) is 0.891. The van der Waals surface area contributed by atoms with Crippen LogP contribution in [0.5, 0.6) is 0 Å². The molecule has 20 heavy (non-hydrogen) atoms. The van der Waals surface area contributed by atoms with Crippen molar-refractivity contribution in [3.05, 3.63) is 71.0 Å². The fraction of sp³-hybridized carbons (Fsp3) is 0.333. The molecule has 0 saturated carbocycles. The number of aryl methyl sites for hydroxylation is 1. The molecule has 1 aliphatic carbocycles. The summed E-state index contributed by atoms with van der Waals surface area (Å²) < 4.78 is 13.7. The molecule has 104 valence electrons. The van der Waals surface area contributed by atoms with Crippen LogP contribution in [0.2, 0.25) is 0 Å². The first kappa shape index (κ1) is 13.3. The van der Waals surface area contributed by atoms with E-state index in [2.05, 4.69) is 12.1 Å². The summed E-state index contributed by atoms with van der Waals surface area (Å²) in [5, 5.41) is 10.8. The number of rotatable bonds is 4. The van der Waals surface area contributed by atoms with Crippen molar-refractivity contribution in [2.24, 2.45) is 0 Å². The van der Waals surface area contributed by atoms with Gasteiger partial charge in [0, 0.05) is 0 Å². The van der Waals surface area contributed by atoms with Crippen LogP contribution < -0.4 is 0 Å². The molecule has 0 heterocycles. The third-order valence-electron chi connectivity index (χ3n) is 4.31. The second kappa shape index (κ2) is 5.37. The van der Waals surface area contributed by atoms with E-state index in [4.69, 9.17) is 0 Å². The van der Waals surface area contributed by atoms with Crippen molar-refractivity contribution in [2.75, 3.05) is 0 Å². The van der Waals surface area contributed by atoms with E-state index in [1.807, 2.05) is 24.3 Å². The number of hydrogen-bond donors (Lipinski definition) is 1. The summed E-state index contributed by atoms with van der Waals surface area (Å²) >= 11 is 0. The molecule has 0 fully saturated rings. The Balaban J connectivity index is 1.68. The summed E-state index contributed by atoms with van der Waals surface area (Å²) in [7, 11) is 0. The molecule has 2 aromatic rings. The lowest BCUT2D eigenvalue weighted by atomic mass is 9.89.